The molecule has 0 saturated carbocycles. The molecule has 2 N–H and O–H groups in total. The van der Waals surface area contributed by atoms with E-state index in [0.29, 0.717) is 18.8 Å². The zero-order valence-electron chi connectivity index (χ0n) is 11.0. The van der Waals surface area contributed by atoms with E-state index >= 15 is 0 Å². The van der Waals surface area contributed by atoms with Crippen LogP contribution in [0.15, 0.2) is 48.7 Å². The van der Waals surface area contributed by atoms with Crippen molar-refractivity contribution in [1.29, 1.82) is 0 Å². The van der Waals surface area contributed by atoms with E-state index in [9.17, 15) is 4.79 Å². The SMILES string of the molecule is N[C@H]1CN(C(=O)c2cccnn2)C[C@@H]1c1ccccc1. The number of amides is 1. The van der Waals surface area contributed by atoms with Gasteiger partial charge < -0.3 is 10.6 Å². The zero-order chi connectivity index (χ0) is 13.9. The lowest BCUT2D eigenvalue weighted by Gasteiger charge is -2.15. The number of carbonyl (C=O) groups excluding carboxylic acids is 1. The predicted molar refractivity (Wildman–Crippen MR) is 75.1 cm³/mol. The fourth-order valence-corrected chi connectivity index (χ4v) is 2.63. The molecule has 20 heavy (non-hydrogen) atoms. The second kappa shape index (κ2) is 5.38. The number of carbonyl (C=O) groups is 1. The third kappa shape index (κ3) is 2.40. The molecule has 5 heteroatoms. The minimum Gasteiger partial charge on any atom is -0.335 e. The van der Waals surface area contributed by atoms with E-state index in [-0.39, 0.29) is 17.9 Å². The Morgan fingerprint density at radius 3 is 2.65 bits per heavy atom. The van der Waals surface area contributed by atoms with Gasteiger partial charge in [-0.25, -0.2) is 0 Å². The molecule has 1 aliphatic heterocycles. The second-order valence-electron chi connectivity index (χ2n) is 5.00. The van der Waals surface area contributed by atoms with Gasteiger partial charge in [-0.1, -0.05) is 30.3 Å². The van der Waals surface area contributed by atoms with Gasteiger partial charge in [-0.3, -0.25) is 4.79 Å². The fraction of sp³-hybridized carbons (Fsp3) is 0.267. The number of likely N-dealkylation sites (tertiary alicyclic amines) is 1. The average Bonchev–Trinajstić information content (AvgIpc) is 2.90. The Morgan fingerprint density at radius 2 is 1.95 bits per heavy atom. The molecule has 0 unspecified atom stereocenters. The van der Waals surface area contributed by atoms with Crippen LogP contribution in [-0.2, 0) is 0 Å². The second-order valence-corrected chi connectivity index (χ2v) is 5.00. The molecular weight excluding hydrogens is 252 g/mol. The van der Waals surface area contributed by atoms with Crippen LogP contribution in [0.2, 0.25) is 0 Å². The van der Waals surface area contributed by atoms with Gasteiger partial charge in [0.25, 0.3) is 5.91 Å². The first-order chi connectivity index (χ1) is 9.75. The van der Waals surface area contributed by atoms with Crippen LogP contribution in [0.4, 0.5) is 0 Å². The van der Waals surface area contributed by atoms with Gasteiger partial charge in [0.15, 0.2) is 5.69 Å². The standard InChI is InChI=1S/C15H16N4O/c16-13-10-19(15(20)14-7-4-8-17-18-14)9-12(13)11-5-2-1-3-6-11/h1-8,12-13H,9-10,16H2/t12-,13+/m1/s1. The summed E-state index contributed by atoms with van der Waals surface area (Å²) in [5.74, 6) is 0.0730. The van der Waals surface area contributed by atoms with Crippen LogP contribution in [0.3, 0.4) is 0 Å². The lowest BCUT2D eigenvalue weighted by atomic mass is 9.95. The molecule has 2 aromatic rings. The van der Waals surface area contributed by atoms with Crippen LogP contribution in [0.25, 0.3) is 0 Å². The molecule has 1 aromatic heterocycles. The largest absolute Gasteiger partial charge is 0.335 e. The normalized spacial score (nSPS) is 21.9. The molecule has 2 heterocycles. The highest BCUT2D eigenvalue weighted by Crippen LogP contribution is 2.26. The Kier molecular flexibility index (Phi) is 3.43. The molecule has 1 saturated heterocycles. The van der Waals surface area contributed by atoms with E-state index in [1.807, 2.05) is 18.2 Å². The van der Waals surface area contributed by atoms with Gasteiger partial charge in [-0.2, -0.15) is 5.10 Å². The summed E-state index contributed by atoms with van der Waals surface area (Å²) in [5, 5.41) is 7.61. The number of hydrogen-bond donors (Lipinski definition) is 1. The van der Waals surface area contributed by atoms with E-state index in [4.69, 9.17) is 5.73 Å². The molecule has 1 aromatic carbocycles. The van der Waals surface area contributed by atoms with Crippen LogP contribution in [0, 0.1) is 0 Å². The summed E-state index contributed by atoms with van der Waals surface area (Å²) in [7, 11) is 0. The molecule has 0 aliphatic carbocycles. The van der Waals surface area contributed by atoms with Gasteiger partial charge in [-0.15, -0.1) is 5.10 Å². The van der Waals surface area contributed by atoms with Crippen molar-refractivity contribution in [2.45, 2.75) is 12.0 Å². The maximum Gasteiger partial charge on any atom is 0.274 e. The molecular formula is C15H16N4O. The first kappa shape index (κ1) is 12.7. The Bertz CT molecular complexity index is 587. The van der Waals surface area contributed by atoms with E-state index < -0.39 is 0 Å². The minimum atomic E-state index is -0.105. The fourth-order valence-electron chi connectivity index (χ4n) is 2.63. The van der Waals surface area contributed by atoms with Crippen molar-refractivity contribution >= 4 is 5.91 Å². The highest BCUT2D eigenvalue weighted by atomic mass is 16.2. The Morgan fingerprint density at radius 1 is 1.15 bits per heavy atom. The molecule has 0 bridgehead atoms. The van der Waals surface area contributed by atoms with Crippen molar-refractivity contribution in [2.75, 3.05) is 13.1 Å². The molecule has 102 valence electrons. The van der Waals surface area contributed by atoms with Gasteiger partial charge in [0, 0.05) is 31.2 Å². The van der Waals surface area contributed by atoms with Crippen LogP contribution in [0.5, 0.6) is 0 Å². The molecule has 0 spiro atoms. The predicted octanol–water partition coefficient (Wildman–Crippen LogP) is 1.04. The molecule has 1 aliphatic rings. The number of rotatable bonds is 2. The van der Waals surface area contributed by atoms with Gasteiger partial charge >= 0.3 is 0 Å². The quantitative estimate of drug-likeness (QED) is 0.883. The summed E-state index contributed by atoms with van der Waals surface area (Å²) in [6.07, 6.45) is 1.55. The third-order valence-corrected chi connectivity index (χ3v) is 3.67. The first-order valence-electron chi connectivity index (χ1n) is 6.63. The Balaban J connectivity index is 1.77. The number of hydrogen-bond acceptors (Lipinski definition) is 4. The first-order valence-corrected chi connectivity index (χ1v) is 6.63. The van der Waals surface area contributed by atoms with Crippen molar-refractivity contribution in [1.82, 2.24) is 15.1 Å². The molecule has 1 amide bonds. The lowest BCUT2D eigenvalue weighted by Crippen LogP contribution is -2.32. The van der Waals surface area contributed by atoms with Crippen molar-refractivity contribution in [2.24, 2.45) is 5.73 Å². The van der Waals surface area contributed by atoms with Gasteiger partial charge in [0.2, 0.25) is 0 Å². The highest BCUT2D eigenvalue weighted by molar-refractivity contribution is 5.92. The third-order valence-electron chi connectivity index (χ3n) is 3.67. The van der Waals surface area contributed by atoms with Crippen molar-refractivity contribution in [3.63, 3.8) is 0 Å². The van der Waals surface area contributed by atoms with Crippen molar-refractivity contribution in [3.8, 4) is 0 Å². The van der Waals surface area contributed by atoms with E-state index in [1.54, 1.807) is 23.2 Å². The number of nitrogens with zero attached hydrogens (tertiary/aromatic N) is 3. The van der Waals surface area contributed by atoms with E-state index in [1.165, 1.54) is 5.56 Å². The maximum absolute atomic E-state index is 12.3. The number of benzene rings is 1. The summed E-state index contributed by atoms with van der Waals surface area (Å²) in [4.78, 5) is 14.1. The molecule has 1 fully saturated rings. The summed E-state index contributed by atoms with van der Waals surface area (Å²) >= 11 is 0. The highest BCUT2D eigenvalue weighted by Gasteiger charge is 2.34. The van der Waals surface area contributed by atoms with Gasteiger partial charge in [-0.05, 0) is 17.7 Å². The van der Waals surface area contributed by atoms with Crippen LogP contribution < -0.4 is 5.73 Å². The Labute approximate surface area is 117 Å². The van der Waals surface area contributed by atoms with Crippen LogP contribution in [-0.4, -0.2) is 40.1 Å². The van der Waals surface area contributed by atoms with Gasteiger partial charge in [0.05, 0.1) is 0 Å². The monoisotopic (exact) mass is 268 g/mol. The number of aromatic nitrogens is 2. The number of nitrogens with two attached hydrogens (primary N) is 1. The van der Waals surface area contributed by atoms with E-state index in [0.717, 1.165) is 0 Å². The van der Waals surface area contributed by atoms with E-state index in [2.05, 4.69) is 22.3 Å². The molecule has 0 radical (unpaired) electrons. The summed E-state index contributed by atoms with van der Waals surface area (Å²) < 4.78 is 0. The smallest absolute Gasteiger partial charge is 0.274 e. The summed E-state index contributed by atoms with van der Waals surface area (Å²) in [6, 6.07) is 13.4. The molecule has 3 rings (SSSR count). The summed E-state index contributed by atoms with van der Waals surface area (Å²) in [5.41, 5.74) is 7.73. The lowest BCUT2D eigenvalue weighted by molar-refractivity contribution is 0.0782. The maximum atomic E-state index is 12.3. The molecule has 5 nitrogen and oxygen atoms in total. The summed E-state index contributed by atoms with van der Waals surface area (Å²) in [6.45, 7) is 1.18. The molecule has 2 atom stereocenters. The average molecular weight is 268 g/mol. The topological polar surface area (TPSA) is 72.1 Å². The van der Waals surface area contributed by atoms with Crippen molar-refractivity contribution < 1.29 is 4.79 Å². The van der Waals surface area contributed by atoms with Crippen molar-refractivity contribution in [3.05, 3.63) is 59.9 Å². The van der Waals surface area contributed by atoms with Crippen LogP contribution in [0.1, 0.15) is 22.0 Å². The Hall–Kier alpha value is -2.27. The zero-order valence-corrected chi connectivity index (χ0v) is 11.0. The minimum absolute atomic E-state index is 0.0435. The van der Waals surface area contributed by atoms with Gasteiger partial charge in [0.1, 0.15) is 0 Å². The van der Waals surface area contributed by atoms with Crippen LogP contribution >= 0.6 is 0 Å².